The van der Waals surface area contributed by atoms with Crippen molar-refractivity contribution >= 4 is 21.9 Å². The van der Waals surface area contributed by atoms with Gasteiger partial charge in [-0.25, -0.2) is 15.0 Å². The fourth-order valence-corrected chi connectivity index (χ4v) is 5.81. The minimum atomic E-state index is -0.351. The molecule has 0 aliphatic carbocycles. The first-order chi connectivity index (χ1) is 18.3. The molecular weight excluding hydrogens is 482 g/mol. The molecule has 0 radical (unpaired) electrons. The van der Waals surface area contributed by atoms with Crippen molar-refractivity contribution in [2.24, 2.45) is 0 Å². The number of nitrogens with one attached hydrogen (secondary N) is 2. The minimum absolute atomic E-state index is 0.0671. The van der Waals surface area contributed by atoms with Crippen LogP contribution in [0.4, 0.5) is 0 Å². The van der Waals surface area contributed by atoms with Crippen LogP contribution in [-0.4, -0.2) is 59.9 Å². The molecular formula is C28H27N7O3. The normalized spacial score (nSPS) is 20.8. The van der Waals surface area contributed by atoms with Gasteiger partial charge in [0.05, 0.1) is 23.0 Å². The summed E-state index contributed by atoms with van der Waals surface area (Å²) in [6.07, 6.45) is 0.772. The first-order valence-electron chi connectivity index (χ1n) is 12.9. The van der Waals surface area contributed by atoms with Crippen LogP contribution in [0.1, 0.15) is 24.7 Å². The van der Waals surface area contributed by atoms with Gasteiger partial charge in [-0.15, -0.1) is 0 Å². The van der Waals surface area contributed by atoms with Crippen LogP contribution in [-0.2, 0) is 6.54 Å². The van der Waals surface area contributed by atoms with Crippen molar-refractivity contribution in [1.29, 1.82) is 0 Å². The summed E-state index contributed by atoms with van der Waals surface area (Å²) >= 11 is 0. The predicted octanol–water partition coefficient (Wildman–Crippen LogP) is 3.16. The Bertz CT molecular complexity index is 1850. The van der Waals surface area contributed by atoms with Gasteiger partial charge in [-0.05, 0) is 45.0 Å². The Balaban J connectivity index is 1.51. The molecule has 2 aliphatic rings. The van der Waals surface area contributed by atoms with E-state index >= 15 is 0 Å². The van der Waals surface area contributed by atoms with E-state index in [-0.39, 0.29) is 22.9 Å². The zero-order valence-electron chi connectivity index (χ0n) is 21.4. The molecule has 0 saturated carbocycles. The molecule has 6 bridgehead atoms. The minimum Gasteiger partial charge on any atom is -0.487 e. The number of benzene rings is 2. The molecule has 0 amide bonds. The van der Waals surface area contributed by atoms with E-state index in [0.29, 0.717) is 58.2 Å². The molecule has 192 valence electrons. The van der Waals surface area contributed by atoms with Crippen LogP contribution < -0.4 is 15.9 Å². The zero-order valence-corrected chi connectivity index (χ0v) is 21.4. The van der Waals surface area contributed by atoms with Crippen LogP contribution in [0.3, 0.4) is 0 Å². The van der Waals surface area contributed by atoms with Crippen LogP contribution in [0.15, 0.2) is 46.0 Å². The number of rotatable bonds is 1. The average molecular weight is 510 g/mol. The van der Waals surface area contributed by atoms with E-state index in [4.69, 9.17) is 9.72 Å². The second-order valence-corrected chi connectivity index (χ2v) is 10.4. The SMILES string of the molecule is Cc1cc(C)nc(-c2cc3c4nc(c(=O)[nH]c4c2)-c2cccc4c(=O)n([nH]c24)CCN2CC(C[C@H]2C)O3)n1. The quantitative estimate of drug-likeness (QED) is 0.356. The highest BCUT2D eigenvalue weighted by molar-refractivity contribution is 5.94. The Kier molecular flexibility index (Phi) is 5.02. The molecule has 38 heavy (non-hydrogen) atoms. The van der Waals surface area contributed by atoms with Gasteiger partial charge in [0.2, 0.25) is 0 Å². The molecule has 2 aromatic carbocycles. The van der Waals surface area contributed by atoms with Crippen LogP contribution >= 0.6 is 0 Å². The number of nitrogens with zero attached hydrogens (tertiary/aromatic N) is 5. The van der Waals surface area contributed by atoms with Crippen LogP contribution in [0.2, 0.25) is 0 Å². The van der Waals surface area contributed by atoms with E-state index in [1.807, 2.05) is 38.1 Å². The lowest BCUT2D eigenvalue weighted by molar-refractivity contribution is 0.195. The number of hydrogen-bond acceptors (Lipinski definition) is 7. The first-order valence-corrected chi connectivity index (χ1v) is 12.9. The second kappa shape index (κ2) is 8.35. The van der Waals surface area contributed by atoms with E-state index in [1.165, 1.54) is 0 Å². The molecule has 2 unspecified atom stereocenters. The lowest BCUT2D eigenvalue weighted by Crippen LogP contribution is -2.33. The number of aryl methyl sites for hydroxylation is 2. The maximum absolute atomic E-state index is 13.4. The number of ether oxygens (including phenoxy) is 1. The van der Waals surface area contributed by atoms with E-state index in [9.17, 15) is 9.59 Å². The Labute approximate surface area is 217 Å². The van der Waals surface area contributed by atoms with Crippen molar-refractivity contribution in [3.05, 3.63) is 68.5 Å². The Morgan fingerprint density at radius 3 is 2.66 bits per heavy atom. The summed E-state index contributed by atoms with van der Waals surface area (Å²) in [6, 6.07) is 11.4. The maximum Gasteiger partial charge on any atom is 0.275 e. The zero-order chi connectivity index (χ0) is 26.1. The second-order valence-electron chi connectivity index (χ2n) is 10.4. The molecule has 3 aromatic heterocycles. The Morgan fingerprint density at radius 1 is 1.03 bits per heavy atom. The standard InChI is InChI=1S/C28H27N7O3/c1-14-9-15(2)30-26(29-14)17-11-21-25-22(12-17)38-18-10-16(3)34(13-18)7-8-35-28(37)20-6-4-5-19(23(20)33-35)24(32-25)27(36)31-21/h4-6,9,11-12,16,18,33H,7-8,10,13H2,1-3H3,(H,31,36)/t16-,18?/m1/s1. The third-order valence-electron chi connectivity index (χ3n) is 7.61. The fraction of sp³-hybridized carbons (Fsp3) is 0.321. The predicted molar refractivity (Wildman–Crippen MR) is 144 cm³/mol. The average Bonchev–Trinajstić information content (AvgIpc) is 3.39. The van der Waals surface area contributed by atoms with Gasteiger partial charge < -0.3 is 9.72 Å². The van der Waals surface area contributed by atoms with Gasteiger partial charge in [-0.2, -0.15) is 0 Å². The van der Waals surface area contributed by atoms with E-state index in [0.717, 1.165) is 29.9 Å². The molecule has 10 nitrogen and oxygen atoms in total. The number of para-hydroxylation sites is 1. The largest absolute Gasteiger partial charge is 0.487 e. The van der Waals surface area contributed by atoms with Crippen LogP contribution in [0.25, 0.3) is 44.6 Å². The molecule has 1 fully saturated rings. The number of fused-ring (bicyclic) bond motifs is 5. The van der Waals surface area contributed by atoms with Crippen LogP contribution in [0, 0.1) is 13.8 Å². The van der Waals surface area contributed by atoms with Gasteiger partial charge >= 0.3 is 0 Å². The summed E-state index contributed by atoms with van der Waals surface area (Å²) in [6.45, 7) is 7.99. The summed E-state index contributed by atoms with van der Waals surface area (Å²) in [4.78, 5) is 46.0. The topological polar surface area (TPSA) is 122 Å². The van der Waals surface area contributed by atoms with Gasteiger partial charge in [0.1, 0.15) is 23.1 Å². The molecule has 5 heterocycles. The monoisotopic (exact) mass is 509 g/mol. The van der Waals surface area contributed by atoms with Crippen molar-refractivity contribution in [3.63, 3.8) is 0 Å². The smallest absolute Gasteiger partial charge is 0.275 e. The number of H-pyrrole nitrogens is 2. The van der Waals surface area contributed by atoms with Gasteiger partial charge in [-0.3, -0.25) is 24.3 Å². The van der Waals surface area contributed by atoms with Gasteiger partial charge in [0, 0.05) is 48.1 Å². The molecule has 2 N–H and O–H groups in total. The summed E-state index contributed by atoms with van der Waals surface area (Å²) in [5.74, 6) is 1.14. The van der Waals surface area contributed by atoms with Crippen LogP contribution in [0.5, 0.6) is 5.75 Å². The van der Waals surface area contributed by atoms with E-state index in [1.54, 1.807) is 16.8 Å². The Morgan fingerprint density at radius 2 is 1.84 bits per heavy atom. The first kappa shape index (κ1) is 22.9. The summed E-state index contributed by atoms with van der Waals surface area (Å²) < 4.78 is 8.24. The van der Waals surface area contributed by atoms with E-state index in [2.05, 4.69) is 31.9 Å². The number of aromatic nitrogens is 6. The van der Waals surface area contributed by atoms with Crippen molar-refractivity contribution in [2.75, 3.05) is 13.1 Å². The fourth-order valence-electron chi connectivity index (χ4n) is 5.81. The molecule has 10 heteroatoms. The molecule has 5 aromatic rings. The highest BCUT2D eigenvalue weighted by Crippen LogP contribution is 2.34. The van der Waals surface area contributed by atoms with Crippen molar-refractivity contribution < 1.29 is 4.74 Å². The number of aromatic amines is 2. The highest BCUT2D eigenvalue weighted by atomic mass is 16.5. The van der Waals surface area contributed by atoms with Crippen molar-refractivity contribution in [2.45, 2.75) is 45.9 Å². The summed E-state index contributed by atoms with van der Waals surface area (Å²) in [5.41, 5.74) is 4.51. The summed E-state index contributed by atoms with van der Waals surface area (Å²) in [5, 5.41) is 3.78. The molecule has 3 atom stereocenters. The molecule has 2 aliphatic heterocycles. The highest BCUT2D eigenvalue weighted by Gasteiger charge is 2.31. The van der Waals surface area contributed by atoms with Crippen molar-refractivity contribution in [1.82, 2.24) is 34.6 Å². The maximum atomic E-state index is 13.4. The van der Waals surface area contributed by atoms with Gasteiger partial charge in [-0.1, -0.05) is 12.1 Å². The number of hydrogen-bond donors (Lipinski definition) is 2. The lowest BCUT2D eigenvalue weighted by Gasteiger charge is -2.21. The lowest BCUT2D eigenvalue weighted by atomic mass is 10.1. The third-order valence-corrected chi connectivity index (χ3v) is 7.61. The van der Waals surface area contributed by atoms with Gasteiger partial charge in [0.15, 0.2) is 5.82 Å². The van der Waals surface area contributed by atoms with Gasteiger partial charge in [0.25, 0.3) is 11.1 Å². The third kappa shape index (κ3) is 3.63. The Hall–Kier alpha value is -4.31. The summed E-state index contributed by atoms with van der Waals surface area (Å²) in [7, 11) is 0. The molecule has 0 spiro atoms. The van der Waals surface area contributed by atoms with E-state index < -0.39 is 0 Å². The molecule has 7 rings (SSSR count). The molecule has 1 saturated heterocycles. The van der Waals surface area contributed by atoms with Crippen molar-refractivity contribution in [3.8, 4) is 28.4 Å².